The van der Waals surface area contributed by atoms with Crippen LogP contribution in [0.5, 0.6) is 0 Å². The topological polar surface area (TPSA) is 64.0 Å². The van der Waals surface area contributed by atoms with Gasteiger partial charge in [-0.3, -0.25) is 14.2 Å². The van der Waals surface area contributed by atoms with E-state index in [1.54, 1.807) is 26.1 Å². The smallest absolute Gasteiger partial charge is 0.261 e. The van der Waals surface area contributed by atoms with Crippen molar-refractivity contribution in [3.8, 4) is 0 Å². The summed E-state index contributed by atoms with van der Waals surface area (Å²) in [6, 6.07) is 14.6. The van der Waals surface area contributed by atoms with Crippen LogP contribution in [0, 0.1) is 0 Å². The number of fused-ring (bicyclic) bond motifs is 1. The number of rotatable bonds is 4. The van der Waals surface area contributed by atoms with Gasteiger partial charge in [0.25, 0.3) is 5.56 Å². The summed E-state index contributed by atoms with van der Waals surface area (Å²) in [5.41, 5.74) is 1.24. The number of carbonyl (C=O) groups is 1. The Hall–Kier alpha value is -2.12. The van der Waals surface area contributed by atoms with E-state index in [9.17, 15) is 9.59 Å². The molecule has 1 N–H and O–H groups in total. The van der Waals surface area contributed by atoms with Crippen LogP contribution in [0.4, 0.5) is 5.69 Å². The summed E-state index contributed by atoms with van der Waals surface area (Å²) < 4.78 is 2.43. The molecule has 3 rings (SSSR count). The van der Waals surface area contributed by atoms with Crippen molar-refractivity contribution in [2.75, 3.05) is 5.32 Å². The maximum absolute atomic E-state index is 12.4. The van der Waals surface area contributed by atoms with Gasteiger partial charge in [0.05, 0.1) is 16.2 Å². The first-order chi connectivity index (χ1) is 12.0. The fourth-order valence-corrected chi connectivity index (χ4v) is 3.43. The highest BCUT2D eigenvalue weighted by molar-refractivity contribution is 9.10. The Morgan fingerprint density at radius 1 is 1.20 bits per heavy atom. The van der Waals surface area contributed by atoms with Gasteiger partial charge in [-0.25, -0.2) is 4.98 Å². The van der Waals surface area contributed by atoms with Crippen LogP contribution in [-0.4, -0.2) is 20.7 Å². The van der Waals surface area contributed by atoms with Crippen molar-refractivity contribution in [2.45, 2.75) is 17.3 Å². The van der Waals surface area contributed by atoms with E-state index in [4.69, 9.17) is 0 Å². The SMILES string of the molecule is C[C@@H](Sc1nc2ccccc2c(=O)n1C)C(=O)Nc1ccc(Br)cc1. The fourth-order valence-electron chi connectivity index (χ4n) is 2.29. The van der Waals surface area contributed by atoms with E-state index in [0.717, 1.165) is 10.2 Å². The minimum absolute atomic E-state index is 0.117. The lowest BCUT2D eigenvalue weighted by Crippen LogP contribution is -2.25. The minimum atomic E-state index is -0.400. The van der Waals surface area contributed by atoms with Crippen molar-refractivity contribution in [1.82, 2.24) is 9.55 Å². The number of halogens is 1. The Labute approximate surface area is 157 Å². The van der Waals surface area contributed by atoms with E-state index in [1.807, 2.05) is 36.4 Å². The number of nitrogens with zero attached hydrogens (tertiary/aromatic N) is 2. The molecule has 3 aromatic rings. The van der Waals surface area contributed by atoms with E-state index < -0.39 is 5.25 Å². The molecule has 1 amide bonds. The molecule has 25 heavy (non-hydrogen) atoms. The average molecular weight is 418 g/mol. The summed E-state index contributed by atoms with van der Waals surface area (Å²) in [4.78, 5) is 29.3. The predicted molar refractivity (Wildman–Crippen MR) is 105 cm³/mol. The first kappa shape index (κ1) is 17.7. The van der Waals surface area contributed by atoms with Crippen molar-refractivity contribution in [2.24, 2.45) is 7.05 Å². The molecule has 0 spiro atoms. The number of amides is 1. The zero-order valence-electron chi connectivity index (χ0n) is 13.7. The molecule has 5 nitrogen and oxygen atoms in total. The van der Waals surface area contributed by atoms with Crippen LogP contribution in [0.3, 0.4) is 0 Å². The highest BCUT2D eigenvalue weighted by Gasteiger charge is 2.18. The molecular weight excluding hydrogens is 402 g/mol. The molecule has 0 saturated heterocycles. The van der Waals surface area contributed by atoms with Crippen molar-refractivity contribution in [1.29, 1.82) is 0 Å². The highest BCUT2D eigenvalue weighted by Crippen LogP contribution is 2.23. The van der Waals surface area contributed by atoms with Gasteiger partial charge in [-0.05, 0) is 43.3 Å². The van der Waals surface area contributed by atoms with E-state index in [0.29, 0.717) is 16.1 Å². The van der Waals surface area contributed by atoms with Gasteiger partial charge >= 0.3 is 0 Å². The average Bonchev–Trinajstić information content (AvgIpc) is 2.61. The zero-order chi connectivity index (χ0) is 18.0. The normalized spacial score (nSPS) is 12.1. The molecule has 1 heterocycles. The van der Waals surface area contributed by atoms with E-state index in [-0.39, 0.29) is 11.5 Å². The van der Waals surface area contributed by atoms with E-state index in [2.05, 4.69) is 26.2 Å². The number of nitrogens with one attached hydrogen (secondary N) is 1. The van der Waals surface area contributed by atoms with E-state index in [1.165, 1.54) is 16.3 Å². The summed E-state index contributed by atoms with van der Waals surface area (Å²) in [6.07, 6.45) is 0. The second-order valence-corrected chi connectivity index (χ2v) is 7.76. The summed E-state index contributed by atoms with van der Waals surface area (Å²) in [5, 5.41) is 3.55. The van der Waals surface area contributed by atoms with Crippen molar-refractivity contribution < 1.29 is 4.79 Å². The van der Waals surface area contributed by atoms with Gasteiger partial charge in [0.1, 0.15) is 0 Å². The standard InChI is InChI=1S/C18H16BrN3O2S/c1-11(16(23)20-13-9-7-12(19)8-10-13)25-18-21-15-6-4-3-5-14(15)17(24)22(18)2/h3-11H,1-2H3,(H,20,23)/t11-/m1/s1. The number of carbonyl (C=O) groups excluding carboxylic acids is 1. The zero-order valence-corrected chi connectivity index (χ0v) is 16.1. The second kappa shape index (κ2) is 7.41. The lowest BCUT2D eigenvalue weighted by atomic mass is 10.2. The molecular formula is C18H16BrN3O2S. The predicted octanol–water partition coefficient (Wildman–Crippen LogP) is 3.82. The van der Waals surface area contributed by atoms with E-state index >= 15 is 0 Å². The summed E-state index contributed by atoms with van der Waals surface area (Å²) in [6.45, 7) is 1.79. The quantitative estimate of drug-likeness (QED) is 0.517. The number of aromatic nitrogens is 2. The number of thioether (sulfide) groups is 1. The monoisotopic (exact) mass is 417 g/mol. The Bertz CT molecular complexity index is 986. The molecule has 0 aliphatic carbocycles. The molecule has 0 saturated carbocycles. The van der Waals surface area contributed by atoms with Gasteiger partial charge in [0, 0.05) is 17.2 Å². The minimum Gasteiger partial charge on any atom is -0.325 e. The molecule has 2 aromatic carbocycles. The lowest BCUT2D eigenvalue weighted by Gasteiger charge is -2.14. The highest BCUT2D eigenvalue weighted by atomic mass is 79.9. The van der Waals surface area contributed by atoms with Crippen molar-refractivity contribution in [3.05, 3.63) is 63.4 Å². The largest absolute Gasteiger partial charge is 0.325 e. The van der Waals surface area contributed by atoms with Crippen LogP contribution >= 0.6 is 27.7 Å². The molecule has 0 unspecified atom stereocenters. The van der Waals surface area contributed by atoms with Crippen LogP contribution in [0.1, 0.15) is 6.92 Å². The molecule has 128 valence electrons. The molecule has 0 bridgehead atoms. The van der Waals surface area contributed by atoms with Crippen LogP contribution in [0.15, 0.2) is 63.0 Å². The summed E-state index contributed by atoms with van der Waals surface area (Å²) in [5.74, 6) is -0.144. The van der Waals surface area contributed by atoms with Crippen LogP contribution in [-0.2, 0) is 11.8 Å². The number of anilines is 1. The van der Waals surface area contributed by atoms with Gasteiger partial charge in [-0.2, -0.15) is 0 Å². The van der Waals surface area contributed by atoms with Crippen LogP contribution in [0.2, 0.25) is 0 Å². The third-order valence-electron chi connectivity index (χ3n) is 3.71. The number of para-hydroxylation sites is 1. The third-order valence-corrected chi connectivity index (χ3v) is 5.38. The van der Waals surface area contributed by atoms with Gasteiger partial charge in [-0.15, -0.1) is 0 Å². The first-order valence-corrected chi connectivity index (χ1v) is 9.32. The van der Waals surface area contributed by atoms with Gasteiger partial charge in [0.2, 0.25) is 5.91 Å². The molecule has 0 aliphatic rings. The lowest BCUT2D eigenvalue weighted by molar-refractivity contribution is -0.115. The summed E-state index contributed by atoms with van der Waals surface area (Å²) in [7, 11) is 1.67. The fraction of sp³-hybridized carbons (Fsp3) is 0.167. The Balaban J connectivity index is 1.80. The number of hydrogen-bond donors (Lipinski definition) is 1. The Kier molecular flexibility index (Phi) is 5.24. The molecule has 0 aliphatic heterocycles. The van der Waals surface area contributed by atoms with Crippen molar-refractivity contribution >= 4 is 50.2 Å². The molecule has 7 heteroatoms. The molecule has 0 fully saturated rings. The van der Waals surface area contributed by atoms with Gasteiger partial charge in [0.15, 0.2) is 5.16 Å². The van der Waals surface area contributed by atoms with Crippen LogP contribution in [0.25, 0.3) is 10.9 Å². The molecule has 0 radical (unpaired) electrons. The molecule has 1 atom stereocenters. The van der Waals surface area contributed by atoms with Gasteiger partial charge in [-0.1, -0.05) is 39.8 Å². The number of hydrogen-bond acceptors (Lipinski definition) is 4. The first-order valence-electron chi connectivity index (χ1n) is 7.64. The second-order valence-electron chi connectivity index (χ2n) is 5.53. The maximum atomic E-state index is 12.4. The maximum Gasteiger partial charge on any atom is 0.261 e. The Morgan fingerprint density at radius 2 is 1.88 bits per heavy atom. The van der Waals surface area contributed by atoms with Crippen molar-refractivity contribution in [3.63, 3.8) is 0 Å². The Morgan fingerprint density at radius 3 is 2.60 bits per heavy atom. The third kappa shape index (κ3) is 3.93. The summed E-state index contributed by atoms with van der Waals surface area (Å²) >= 11 is 4.62. The number of benzene rings is 2. The van der Waals surface area contributed by atoms with Gasteiger partial charge < -0.3 is 5.32 Å². The van der Waals surface area contributed by atoms with Crippen LogP contribution < -0.4 is 10.9 Å². The molecule has 1 aromatic heterocycles.